The summed E-state index contributed by atoms with van der Waals surface area (Å²) < 4.78 is 18.5. The zero-order valence-corrected chi connectivity index (χ0v) is 16.3. The molecule has 1 heterocycles. The SMILES string of the molecule is Cc1cc2oc3cc(Oc4ccccc4)c(Oc4ccccc4)cc3c2cc1C. The number of fused-ring (bicyclic) bond motifs is 3. The summed E-state index contributed by atoms with van der Waals surface area (Å²) in [4.78, 5) is 0. The second-order valence-electron chi connectivity index (χ2n) is 7.16. The Morgan fingerprint density at radius 3 is 1.66 bits per heavy atom. The number of para-hydroxylation sites is 2. The lowest BCUT2D eigenvalue weighted by molar-refractivity contribution is 0.419. The summed E-state index contributed by atoms with van der Waals surface area (Å²) >= 11 is 0. The van der Waals surface area contributed by atoms with E-state index in [1.807, 2.05) is 72.8 Å². The lowest BCUT2D eigenvalue weighted by Crippen LogP contribution is -1.90. The predicted molar refractivity (Wildman–Crippen MR) is 116 cm³/mol. The summed E-state index contributed by atoms with van der Waals surface area (Å²) in [5, 5.41) is 2.08. The first-order valence-corrected chi connectivity index (χ1v) is 9.61. The Hall–Kier alpha value is -3.72. The molecular formula is C26H20O3. The van der Waals surface area contributed by atoms with Crippen LogP contribution in [-0.2, 0) is 0 Å². The van der Waals surface area contributed by atoms with Gasteiger partial charge in [0.05, 0.1) is 0 Å². The summed E-state index contributed by atoms with van der Waals surface area (Å²) in [6.07, 6.45) is 0. The highest BCUT2D eigenvalue weighted by molar-refractivity contribution is 6.06. The third-order valence-corrected chi connectivity index (χ3v) is 5.09. The Bertz CT molecular complexity index is 1300. The van der Waals surface area contributed by atoms with E-state index in [4.69, 9.17) is 13.9 Å². The van der Waals surface area contributed by atoms with Crippen molar-refractivity contribution in [2.45, 2.75) is 13.8 Å². The van der Waals surface area contributed by atoms with Crippen LogP contribution in [0.15, 0.2) is 89.3 Å². The van der Waals surface area contributed by atoms with E-state index in [1.54, 1.807) is 0 Å². The Labute approximate surface area is 169 Å². The smallest absolute Gasteiger partial charge is 0.173 e. The van der Waals surface area contributed by atoms with E-state index in [0.29, 0.717) is 11.5 Å². The van der Waals surface area contributed by atoms with Gasteiger partial charge >= 0.3 is 0 Å². The van der Waals surface area contributed by atoms with Crippen LogP contribution in [0, 0.1) is 13.8 Å². The first-order valence-electron chi connectivity index (χ1n) is 9.61. The van der Waals surface area contributed by atoms with Crippen molar-refractivity contribution in [2.24, 2.45) is 0 Å². The molecule has 0 aliphatic heterocycles. The molecule has 142 valence electrons. The fourth-order valence-electron chi connectivity index (χ4n) is 3.43. The molecule has 0 spiro atoms. The molecule has 3 heteroatoms. The Morgan fingerprint density at radius 1 is 0.552 bits per heavy atom. The molecule has 5 rings (SSSR count). The summed E-state index contributed by atoms with van der Waals surface area (Å²) in [5.41, 5.74) is 4.08. The Balaban J connectivity index is 1.69. The van der Waals surface area contributed by atoms with Gasteiger partial charge in [0.15, 0.2) is 11.5 Å². The highest BCUT2D eigenvalue weighted by Gasteiger charge is 2.16. The standard InChI is InChI=1S/C26H20O3/c1-17-13-21-22-15-25(27-19-9-5-3-6-10-19)26(28-20-11-7-4-8-12-20)16-24(22)29-23(21)14-18(17)2/h3-16H,1-2H3. The molecular weight excluding hydrogens is 360 g/mol. The average molecular weight is 380 g/mol. The first kappa shape index (κ1) is 17.4. The molecule has 0 unspecified atom stereocenters. The van der Waals surface area contributed by atoms with Gasteiger partial charge in [-0.1, -0.05) is 36.4 Å². The van der Waals surface area contributed by atoms with Crippen LogP contribution in [0.3, 0.4) is 0 Å². The molecule has 0 radical (unpaired) electrons. The lowest BCUT2D eigenvalue weighted by Gasteiger charge is -2.12. The molecule has 0 atom stereocenters. The molecule has 0 bridgehead atoms. The molecule has 0 N–H and O–H groups in total. The maximum atomic E-state index is 6.20. The van der Waals surface area contributed by atoms with Gasteiger partial charge in [0.1, 0.15) is 22.7 Å². The number of ether oxygens (including phenoxy) is 2. The van der Waals surface area contributed by atoms with E-state index < -0.39 is 0 Å². The third-order valence-electron chi connectivity index (χ3n) is 5.09. The van der Waals surface area contributed by atoms with Crippen LogP contribution >= 0.6 is 0 Å². The van der Waals surface area contributed by atoms with Crippen molar-refractivity contribution in [3.8, 4) is 23.0 Å². The molecule has 0 saturated heterocycles. The van der Waals surface area contributed by atoms with Gasteiger partial charge in [0.25, 0.3) is 0 Å². The maximum Gasteiger partial charge on any atom is 0.173 e. The van der Waals surface area contributed by atoms with Gasteiger partial charge in [-0.3, -0.25) is 0 Å². The predicted octanol–water partition coefficient (Wildman–Crippen LogP) is 7.79. The van der Waals surface area contributed by atoms with Gasteiger partial charge < -0.3 is 13.9 Å². The van der Waals surface area contributed by atoms with Crippen molar-refractivity contribution in [3.63, 3.8) is 0 Å². The van der Waals surface area contributed by atoms with Gasteiger partial charge in [-0.2, -0.15) is 0 Å². The number of rotatable bonds is 4. The number of benzene rings is 4. The van der Waals surface area contributed by atoms with E-state index in [1.165, 1.54) is 11.1 Å². The van der Waals surface area contributed by atoms with E-state index >= 15 is 0 Å². The quantitative estimate of drug-likeness (QED) is 0.319. The zero-order chi connectivity index (χ0) is 19.8. The van der Waals surface area contributed by atoms with Gasteiger partial charge in [0.2, 0.25) is 0 Å². The molecule has 1 aromatic heterocycles. The van der Waals surface area contributed by atoms with Crippen LogP contribution < -0.4 is 9.47 Å². The van der Waals surface area contributed by atoms with Crippen molar-refractivity contribution in [3.05, 3.63) is 96.1 Å². The molecule has 3 nitrogen and oxygen atoms in total. The lowest BCUT2D eigenvalue weighted by atomic mass is 10.1. The van der Waals surface area contributed by atoms with E-state index in [2.05, 4.69) is 26.0 Å². The fraction of sp³-hybridized carbons (Fsp3) is 0.0769. The summed E-state index contributed by atoms with van der Waals surface area (Å²) in [5.74, 6) is 2.76. The van der Waals surface area contributed by atoms with Gasteiger partial charge in [-0.15, -0.1) is 0 Å². The van der Waals surface area contributed by atoms with Crippen molar-refractivity contribution in [1.82, 2.24) is 0 Å². The summed E-state index contributed by atoms with van der Waals surface area (Å²) in [7, 11) is 0. The number of hydrogen-bond donors (Lipinski definition) is 0. The van der Waals surface area contributed by atoms with Crippen molar-refractivity contribution in [1.29, 1.82) is 0 Å². The number of aryl methyl sites for hydroxylation is 2. The molecule has 4 aromatic carbocycles. The molecule has 29 heavy (non-hydrogen) atoms. The van der Waals surface area contributed by atoms with Gasteiger partial charge in [-0.25, -0.2) is 0 Å². The van der Waals surface area contributed by atoms with Crippen LogP contribution in [0.4, 0.5) is 0 Å². The minimum atomic E-state index is 0.611. The average Bonchev–Trinajstić information content (AvgIpc) is 3.06. The highest BCUT2D eigenvalue weighted by Crippen LogP contribution is 2.41. The van der Waals surface area contributed by atoms with Gasteiger partial charge in [0, 0.05) is 16.8 Å². The fourth-order valence-corrected chi connectivity index (χ4v) is 3.43. The van der Waals surface area contributed by atoms with Crippen LogP contribution in [-0.4, -0.2) is 0 Å². The van der Waals surface area contributed by atoms with E-state index in [-0.39, 0.29) is 0 Å². The highest BCUT2D eigenvalue weighted by atomic mass is 16.5. The van der Waals surface area contributed by atoms with Gasteiger partial charge in [-0.05, 0) is 67.4 Å². The van der Waals surface area contributed by atoms with Crippen molar-refractivity contribution < 1.29 is 13.9 Å². The molecule has 0 aliphatic rings. The second-order valence-corrected chi connectivity index (χ2v) is 7.16. The normalized spacial score (nSPS) is 11.1. The Kier molecular flexibility index (Phi) is 4.21. The topological polar surface area (TPSA) is 31.6 Å². The monoisotopic (exact) mass is 380 g/mol. The van der Waals surface area contributed by atoms with Crippen LogP contribution in [0.1, 0.15) is 11.1 Å². The number of furan rings is 1. The van der Waals surface area contributed by atoms with Crippen molar-refractivity contribution in [2.75, 3.05) is 0 Å². The summed E-state index contributed by atoms with van der Waals surface area (Å²) in [6, 6.07) is 27.6. The van der Waals surface area contributed by atoms with E-state index in [0.717, 1.165) is 33.4 Å². The molecule has 5 aromatic rings. The molecule has 0 saturated carbocycles. The van der Waals surface area contributed by atoms with Crippen LogP contribution in [0.25, 0.3) is 21.9 Å². The van der Waals surface area contributed by atoms with E-state index in [9.17, 15) is 0 Å². The Morgan fingerprint density at radius 2 is 1.03 bits per heavy atom. The number of hydrogen-bond acceptors (Lipinski definition) is 3. The minimum Gasteiger partial charge on any atom is -0.456 e. The van der Waals surface area contributed by atoms with Crippen molar-refractivity contribution >= 4 is 21.9 Å². The largest absolute Gasteiger partial charge is 0.456 e. The molecule has 0 aliphatic carbocycles. The zero-order valence-electron chi connectivity index (χ0n) is 16.3. The minimum absolute atomic E-state index is 0.611. The summed E-state index contributed by atoms with van der Waals surface area (Å²) in [6.45, 7) is 4.21. The third kappa shape index (κ3) is 3.32. The second kappa shape index (κ2) is 7.02. The van der Waals surface area contributed by atoms with Crippen LogP contribution in [0.5, 0.6) is 23.0 Å². The molecule has 0 amide bonds. The maximum absolute atomic E-state index is 6.20. The molecule has 0 fully saturated rings. The first-order chi connectivity index (χ1) is 14.2. The van der Waals surface area contributed by atoms with Crippen LogP contribution in [0.2, 0.25) is 0 Å².